The molecule has 0 aromatic carbocycles. The van der Waals surface area contributed by atoms with Gasteiger partial charge in [-0.3, -0.25) is 4.68 Å². The van der Waals surface area contributed by atoms with Gasteiger partial charge in [0.25, 0.3) is 0 Å². The van der Waals surface area contributed by atoms with E-state index < -0.39 is 0 Å². The standard InChI is InChI=1S/C12H23N3O3/c1-10-11(9-16)12(14(2)13-10)15(5-7-17-3)6-8-18-4/h16H,5-9H2,1-4H3. The fourth-order valence-corrected chi connectivity index (χ4v) is 2.00. The molecule has 0 aliphatic carbocycles. The second kappa shape index (κ2) is 7.35. The van der Waals surface area contributed by atoms with Gasteiger partial charge in [-0.15, -0.1) is 0 Å². The van der Waals surface area contributed by atoms with E-state index in [1.807, 2.05) is 14.0 Å². The Morgan fingerprint density at radius 2 is 1.78 bits per heavy atom. The number of methoxy groups -OCH3 is 2. The first-order chi connectivity index (χ1) is 8.65. The molecule has 1 aromatic heterocycles. The lowest BCUT2D eigenvalue weighted by atomic mass is 10.2. The molecule has 1 aromatic rings. The summed E-state index contributed by atoms with van der Waals surface area (Å²) in [6.45, 7) is 4.63. The van der Waals surface area contributed by atoms with Gasteiger partial charge in [-0.2, -0.15) is 5.10 Å². The Kier molecular flexibility index (Phi) is 6.11. The van der Waals surface area contributed by atoms with Crippen LogP contribution in [0, 0.1) is 6.92 Å². The quantitative estimate of drug-likeness (QED) is 0.727. The number of hydrogen-bond donors (Lipinski definition) is 1. The number of aliphatic hydroxyl groups is 1. The lowest BCUT2D eigenvalue weighted by Gasteiger charge is -2.25. The number of rotatable bonds is 8. The van der Waals surface area contributed by atoms with Crippen LogP contribution in [0.25, 0.3) is 0 Å². The van der Waals surface area contributed by atoms with Gasteiger partial charge in [-0.25, -0.2) is 0 Å². The maximum atomic E-state index is 9.47. The lowest BCUT2D eigenvalue weighted by Crippen LogP contribution is -2.33. The molecule has 6 nitrogen and oxygen atoms in total. The maximum Gasteiger partial charge on any atom is 0.132 e. The summed E-state index contributed by atoms with van der Waals surface area (Å²) < 4.78 is 12.0. The number of aryl methyl sites for hydroxylation is 2. The summed E-state index contributed by atoms with van der Waals surface area (Å²) >= 11 is 0. The van der Waals surface area contributed by atoms with Gasteiger partial charge in [0, 0.05) is 39.9 Å². The van der Waals surface area contributed by atoms with Crippen LogP contribution in [-0.4, -0.2) is 55.4 Å². The van der Waals surface area contributed by atoms with Gasteiger partial charge in [0.1, 0.15) is 5.82 Å². The number of aromatic nitrogens is 2. The summed E-state index contributed by atoms with van der Waals surface area (Å²) in [5.41, 5.74) is 1.72. The van der Waals surface area contributed by atoms with Gasteiger partial charge in [0.2, 0.25) is 0 Å². The number of anilines is 1. The van der Waals surface area contributed by atoms with Gasteiger partial charge in [0.05, 0.1) is 25.5 Å². The second-order valence-electron chi connectivity index (χ2n) is 4.14. The Balaban J connectivity index is 2.95. The van der Waals surface area contributed by atoms with Gasteiger partial charge < -0.3 is 19.5 Å². The fourth-order valence-electron chi connectivity index (χ4n) is 2.00. The van der Waals surface area contributed by atoms with E-state index in [4.69, 9.17) is 9.47 Å². The van der Waals surface area contributed by atoms with Gasteiger partial charge in [-0.05, 0) is 6.92 Å². The van der Waals surface area contributed by atoms with Crippen molar-refractivity contribution in [2.24, 2.45) is 7.05 Å². The minimum atomic E-state index is -0.00846. The van der Waals surface area contributed by atoms with E-state index in [0.29, 0.717) is 13.2 Å². The van der Waals surface area contributed by atoms with E-state index in [9.17, 15) is 5.11 Å². The molecular weight excluding hydrogens is 234 g/mol. The van der Waals surface area contributed by atoms with Crippen molar-refractivity contribution >= 4 is 5.82 Å². The summed E-state index contributed by atoms with van der Waals surface area (Å²) in [5, 5.41) is 13.8. The second-order valence-corrected chi connectivity index (χ2v) is 4.14. The maximum absolute atomic E-state index is 9.47. The Morgan fingerprint density at radius 1 is 1.22 bits per heavy atom. The lowest BCUT2D eigenvalue weighted by molar-refractivity contribution is 0.189. The zero-order valence-corrected chi connectivity index (χ0v) is 11.6. The van der Waals surface area contributed by atoms with E-state index in [0.717, 1.165) is 30.2 Å². The van der Waals surface area contributed by atoms with Crippen molar-refractivity contribution in [1.82, 2.24) is 9.78 Å². The Hall–Kier alpha value is -1.11. The molecule has 0 bridgehead atoms. The monoisotopic (exact) mass is 257 g/mol. The fraction of sp³-hybridized carbons (Fsp3) is 0.750. The Labute approximate surface area is 108 Å². The molecule has 104 valence electrons. The molecule has 1 heterocycles. The average molecular weight is 257 g/mol. The van der Waals surface area contributed by atoms with Crippen molar-refractivity contribution in [1.29, 1.82) is 0 Å². The predicted molar refractivity (Wildman–Crippen MR) is 69.8 cm³/mol. The molecule has 6 heteroatoms. The predicted octanol–water partition coefficient (Wildman–Crippen LogP) is 0.320. The molecular formula is C12H23N3O3. The normalized spacial score (nSPS) is 10.9. The highest BCUT2D eigenvalue weighted by Crippen LogP contribution is 2.22. The van der Waals surface area contributed by atoms with E-state index in [2.05, 4.69) is 10.00 Å². The molecule has 0 aliphatic heterocycles. The third-order valence-corrected chi connectivity index (χ3v) is 2.90. The van der Waals surface area contributed by atoms with Crippen molar-refractivity contribution in [2.75, 3.05) is 45.4 Å². The first-order valence-electron chi connectivity index (χ1n) is 6.01. The van der Waals surface area contributed by atoms with Gasteiger partial charge >= 0.3 is 0 Å². The highest BCUT2D eigenvalue weighted by molar-refractivity contribution is 5.49. The zero-order valence-electron chi connectivity index (χ0n) is 11.6. The van der Waals surface area contributed by atoms with Gasteiger partial charge in [0.15, 0.2) is 0 Å². The molecule has 0 fully saturated rings. The molecule has 1 N–H and O–H groups in total. The SMILES string of the molecule is COCCN(CCOC)c1c(CO)c(C)nn1C. The van der Waals surface area contributed by atoms with Crippen LogP contribution in [0.4, 0.5) is 5.82 Å². The molecule has 0 atom stereocenters. The molecule has 0 radical (unpaired) electrons. The highest BCUT2D eigenvalue weighted by atomic mass is 16.5. The summed E-state index contributed by atoms with van der Waals surface area (Å²) in [6.07, 6.45) is 0. The Morgan fingerprint density at radius 3 is 2.22 bits per heavy atom. The number of aliphatic hydroxyl groups excluding tert-OH is 1. The molecule has 0 saturated heterocycles. The van der Waals surface area contributed by atoms with Crippen molar-refractivity contribution in [2.45, 2.75) is 13.5 Å². The first kappa shape index (κ1) is 14.9. The van der Waals surface area contributed by atoms with Crippen LogP contribution in [0.1, 0.15) is 11.3 Å². The average Bonchev–Trinajstić information content (AvgIpc) is 2.64. The minimum absolute atomic E-state index is 0.00846. The molecule has 1 rings (SSSR count). The van der Waals surface area contributed by atoms with Crippen molar-refractivity contribution in [3.05, 3.63) is 11.3 Å². The zero-order chi connectivity index (χ0) is 13.5. The van der Waals surface area contributed by atoms with E-state index in [1.165, 1.54) is 0 Å². The summed E-state index contributed by atoms with van der Waals surface area (Å²) in [4.78, 5) is 2.12. The minimum Gasteiger partial charge on any atom is -0.391 e. The molecule has 0 saturated carbocycles. The van der Waals surface area contributed by atoms with Crippen LogP contribution in [0.2, 0.25) is 0 Å². The number of nitrogens with zero attached hydrogens (tertiary/aromatic N) is 3. The molecule has 0 aliphatic rings. The van der Waals surface area contributed by atoms with Crippen LogP contribution in [0.15, 0.2) is 0 Å². The molecule has 0 amide bonds. The third kappa shape index (κ3) is 3.44. The molecule has 0 spiro atoms. The molecule has 0 unspecified atom stereocenters. The van der Waals surface area contributed by atoms with E-state index in [1.54, 1.807) is 18.9 Å². The Bertz CT molecular complexity index is 358. The highest BCUT2D eigenvalue weighted by Gasteiger charge is 2.18. The number of ether oxygens (including phenoxy) is 2. The number of hydrogen-bond acceptors (Lipinski definition) is 5. The van der Waals surface area contributed by atoms with Crippen LogP contribution in [-0.2, 0) is 23.1 Å². The van der Waals surface area contributed by atoms with Crippen LogP contribution < -0.4 is 4.90 Å². The van der Waals surface area contributed by atoms with Crippen LogP contribution in [0.5, 0.6) is 0 Å². The van der Waals surface area contributed by atoms with E-state index >= 15 is 0 Å². The summed E-state index contributed by atoms with van der Waals surface area (Å²) in [7, 11) is 5.24. The topological polar surface area (TPSA) is 59.8 Å². The summed E-state index contributed by atoms with van der Waals surface area (Å²) in [6, 6.07) is 0. The van der Waals surface area contributed by atoms with Crippen molar-refractivity contribution in [3.8, 4) is 0 Å². The van der Waals surface area contributed by atoms with Gasteiger partial charge in [-0.1, -0.05) is 0 Å². The van der Waals surface area contributed by atoms with Crippen molar-refractivity contribution in [3.63, 3.8) is 0 Å². The van der Waals surface area contributed by atoms with E-state index in [-0.39, 0.29) is 6.61 Å². The largest absolute Gasteiger partial charge is 0.391 e. The third-order valence-electron chi connectivity index (χ3n) is 2.90. The molecule has 18 heavy (non-hydrogen) atoms. The summed E-state index contributed by atoms with van der Waals surface area (Å²) in [5.74, 6) is 0.934. The first-order valence-corrected chi connectivity index (χ1v) is 6.01. The van der Waals surface area contributed by atoms with Crippen LogP contribution in [0.3, 0.4) is 0 Å². The van der Waals surface area contributed by atoms with Crippen LogP contribution >= 0.6 is 0 Å². The smallest absolute Gasteiger partial charge is 0.132 e. The van der Waals surface area contributed by atoms with Crippen molar-refractivity contribution < 1.29 is 14.6 Å².